The number of amidine groups is 1. The molecule has 5 aliphatic carbocycles. The highest BCUT2D eigenvalue weighted by atomic mass is 16.5. The molecule has 0 radical (unpaired) electrons. The predicted octanol–water partition coefficient (Wildman–Crippen LogP) is 12.4. The van der Waals surface area contributed by atoms with E-state index in [-0.39, 0.29) is 30.0 Å². The standard InChI is InChI=1S/C56H47N5O/c1-4-16-36(17-5-1)38-30-32-49-45(34-38)46-35-40(31-33-50(46)59(49)39-20-8-3-9-21-39)60-47-26-12-10-22-43(47)53-41(24-14-28-51(53)60)42-25-15-29-52-54(42)44-23-11-13-27-48(44)61(52)56-58-57-55(62-56)37-18-6-2-7-19-37/h1-10,12-18,20-22,24-29,31,34-35,37,42,50,54-55,57H,11,19,23,30,32-33H2. The van der Waals surface area contributed by atoms with E-state index >= 15 is 0 Å². The summed E-state index contributed by atoms with van der Waals surface area (Å²) in [5.41, 5.74) is 20.6. The number of allylic oxidation sites excluding steroid dienone is 14. The molecule has 0 spiro atoms. The van der Waals surface area contributed by atoms with Crippen molar-refractivity contribution in [3.05, 3.63) is 221 Å². The molecule has 1 aromatic heterocycles. The van der Waals surface area contributed by atoms with Gasteiger partial charge < -0.3 is 14.2 Å². The highest BCUT2D eigenvalue weighted by molar-refractivity contribution is 6.12. The molecule has 0 saturated carbocycles. The lowest BCUT2D eigenvalue weighted by atomic mass is 9.75. The lowest BCUT2D eigenvalue weighted by Crippen LogP contribution is -2.34. The summed E-state index contributed by atoms with van der Waals surface area (Å²) >= 11 is 0. The molecule has 302 valence electrons. The fraction of sp³-hybridized carbons (Fsp3) is 0.196. The summed E-state index contributed by atoms with van der Waals surface area (Å²) in [4.78, 5) is 4.93. The Morgan fingerprint density at radius 1 is 0.742 bits per heavy atom. The molecule has 4 heterocycles. The Morgan fingerprint density at radius 2 is 1.60 bits per heavy atom. The van der Waals surface area contributed by atoms with Gasteiger partial charge in [-0.15, -0.1) is 5.10 Å². The predicted molar refractivity (Wildman–Crippen MR) is 252 cm³/mol. The molecule has 0 bridgehead atoms. The first-order valence-electron chi connectivity index (χ1n) is 22.5. The first kappa shape index (κ1) is 35.7. The number of fused-ring (bicyclic) bond motifs is 7. The topological polar surface area (TPSA) is 45.0 Å². The minimum Gasteiger partial charge on any atom is -0.437 e. The van der Waals surface area contributed by atoms with Gasteiger partial charge in [0.1, 0.15) is 0 Å². The third kappa shape index (κ3) is 5.45. The first-order chi connectivity index (χ1) is 30.8. The van der Waals surface area contributed by atoms with Crippen LogP contribution >= 0.6 is 0 Å². The molecule has 4 aromatic carbocycles. The summed E-state index contributed by atoms with van der Waals surface area (Å²) in [6.07, 6.45) is 33.6. The van der Waals surface area contributed by atoms with Crippen LogP contribution in [0.2, 0.25) is 0 Å². The summed E-state index contributed by atoms with van der Waals surface area (Å²) in [6.45, 7) is 0. The van der Waals surface area contributed by atoms with Crippen molar-refractivity contribution in [3.63, 3.8) is 0 Å². The molecule has 62 heavy (non-hydrogen) atoms. The zero-order chi connectivity index (χ0) is 40.7. The van der Waals surface area contributed by atoms with E-state index in [4.69, 9.17) is 9.84 Å². The zero-order valence-corrected chi connectivity index (χ0v) is 34.6. The fourth-order valence-electron chi connectivity index (χ4n) is 11.7. The van der Waals surface area contributed by atoms with Gasteiger partial charge in [0.15, 0.2) is 6.23 Å². The van der Waals surface area contributed by atoms with Gasteiger partial charge in [0.2, 0.25) is 0 Å². The summed E-state index contributed by atoms with van der Waals surface area (Å²) in [7, 11) is 0. The molecular formula is C56H47N5O. The van der Waals surface area contributed by atoms with Gasteiger partial charge in [-0.25, -0.2) is 0 Å². The van der Waals surface area contributed by atoms with E-state index in [9.17, 15) is 0 Å². The van der Waals surface area contributed by atoms with Crippen molar-refractivity contribution in [1.29, 1.82) is 0 Å². The zero-order valence-electron chi connectivity index (χ0n) is 34.6. The minimum absolute atomic E-state index is 0.144. The first-order valence-corrected chi connectivity index (χ1v) is 22.5. The van der Waals surface area contributed by atoms with Crippen molar-refractivity contribution in [2.45, 2.75) is 56.7 Å². The number of hydrogen-bond donors (Lipinski definition) is 1. The van der Waals surface area contributed by atoms with Gasteiger partial charge in [-0.05, 0) is 121 Å². The number of nitrogens with zero attached hydrogens (tertiary/aromatic N) is 4. The normalized spacial score (nSPS) is 25.8. The Balaban J connectivity index is 0.909. The van der Waals surface area contributed by atoms with Gasteiger partial charge in [-0.2, -0.15) is 0 Å². The van der Waals surface area contributed by atoms with Gasteiger partial charge in [0, 0.05) is 57.0 Å². The van der Waals surface area contributed by atoms with Crippen LogP contribution in [-0.4, -0.2) is 27.8 Å². The Morgan fingerprint density at radius 3 is 2.48 bits per heavy atom. The third-order valence-corrected chi connectivity index (χ3v) is 14.3. The number of hydrazone groups is 1. The van der Waals surface area contributed by atoms with Crippen LogP contribution in [0.15, 0.2) is 215 Å². The highest BCUT2D eigenvalue weighted by Gasteiger charge is 2.46. The van der Waals surface area contributed by atoms with E-state index in [0.29, 0.717) is 6.02 Å². The molecule has 3 aliphatic heterocycles. The van der Waals surface area contributed by atoms with Crippen LogP contribution in [-0.2, 0) is 4.74 Å². The van der Waals surface area contributed by atoms with Crippen LogP contribution in [0.4, 0.5) is 5.69 Å². The number of anilines is 1. The Kier molecular flexibility index (Phi) is 8.21. The molecular weight excluding hydrogens is 759 g/mol. The molecule has 1 N–H and O–H groups in total. The second kappa shape index (κ2) is 14.3. The van der Waals surface area contributed by atoms with E-state index in [2.05, 4.69) is 196 Å². The van der Waals surface area contributed by atoms with E-state index in [1.807, 2.05) is 0 Å². The van der Waals surface area contributed by atoms with Crippen LogP contribution in [0.1, 0.15) is 55.6 Å². The molecule has 5 unspecified atom stereocenters. The van der Waals surface area contributed by atoms with Crippen LogP contribution in [0.5, 0.6) is 0 Å². The van der Waals surface area contributed by atoms with Crippen molar-refractivity contribution >= 4 is 44.8 Å². The van der Waals surface area contributed by atoms with E-state index in [1.54, 1.807) is 0 Å². The minimum atomic E-state index is -0.190. The summed E-state index contributed by atoms with van der Waals surface area (Å²) in [6, 6.07) is 39.0. The molecule has 13 rings (SSSR count). The number of rotatable bonds is 5. The lowest BCUT2D eigenvalue weighted by Gasteiger charge is -2.32. The van der Waals surface area contributed by atoms with E-state index < -0.39 is 0 Å². The number of para-hydroxylation sites is 2. The maximum Gasteiger partial charge on any atom is 0.320 e. The average molecular weight is 806 g/mol. The molecule has 0 fully saturated rings. The van der Waals surface area contributed by atoms with Crippen LogP contribution in [0.3, 0.4) is 0 Å². The van der Waals surface area contributed by atoms with Crippen molar-refractivity contribution in [2.75, 3.05) is 4.90 Å². The molecule has 0 saturated heterocycles. The molecule has 6 heteroatoms. The lowest BCUT2D eigenvalue weighted by molar-refractivity contribution is 0.126. The second-order valence-electron chi connectivity index (χ2n) is 17.6. The van der Waals surface area contributed by atoms with E-state index in [0.717, 1.165) is 38.5 Å². The highest BCUT2D eigenvalue weighted by Crippen LogP contribution is 2.54. The number of aromatic nitrogens is 1. The quantitative estimate of drug-likeness (QED) is 0.192. The van der Waals surface area contributed by atoms with Crippen molar-refractivity contribution in [2.24, 2.45) is 16.9 Å². The van der Waals surface area contributed by atoms with Crippen LogP contribution in [0.25, 0.3) is 33.1 Å². The number of ether oxygens (including phenoxy) is 1. The monoisotopic (exact) mass is 805 g/mol. The van der Waals surface area contributed by atoms with Gasteiger partial charge in [-0.1, -0.05) is 127 Å². The largest absolute Gasteiger partial charge is 0.437 e. The molecule has 8 aliphatic rings. The van der Waals surface area contributed by atoms with Crippen molar-refractivity contribution in [1.82, 2.24) is 14.9 Å². The molecule has 5 aromatic rings. The molecule has 5 atom stereocenters. The number of nitrogens with one attached hydrogen (secondary N) is 1. The maximum absolute atomic E-state index is 6.67. The Hall–Kier alpha value is -7.05. The Labute approximate surface area is 362 Å². The maximum atomic E-state index is 6.67. The molecule has 6 nitrogen and oxygen atoms in total. The summed E-state index contributed by atoms with van der Waals surface area (Å²) in [5, 5.41) is 7.47. The fourth-order valence-corrected chi connectivity index (χ4v) is 11.7. The van der Waals surface area contributed by atoms with Crippen molar-refractivity contribution in [3.8, 4) is 0 Å². The summed E-state index contributed by atoms with van der Waals surface area (Å²) < 4.78 is 9.22. The van der Waals surface area contributed by atoms with Gasteiger partial charge in [0.05, 0.1) is 17.1 Å². The van der Waals surface area contributed by atoms with Crippen molar-refractivity contribution < 1.29 is 4.74 Å². The summed E-state index contributed by atoms with van der Waals surface area (Å²) in [5.74, 6) is 0.558. The van der Waals surface area contributed by atoms with Gasteiger partial charge in [0.25, 0.3) is 0 Å². The van der Waals surface area contributed by atoms with Gasteiger partial charge >= 0.3 is 6.02 Å². The number of hydrogen-bond acceptors (Lipinski definition) is 5. The molecule has 0 amide bonds. The second-order valence-corrected chi connectivity index (χ2v) is 17.6. The van der Waals surface area contributed by atoms with Crippen LogP contribution in [0, 0.1) is 11.8 Å². The van der Waals surface area contributed by atoms with Crippen LogP contribution < -0.4 is 10.3 Å². The Bertz CT molecular complexity index is 3050. The number of benzene rings is 4. The average Bonchev–Trinajstić information content (AvgIpc) is 4.12. The smallest absolute Gasteiger partial charge is 0.320 e. The SMILES string of the molecule is C1=CCC(C2NN=C(N3C4=CC=CC(c5cccc6c5c5ccccc5n6C5=CCC6C(=C5)C5=C(CCC(c7ccccc7)=C5)N6c5ccccc5)C4C4=C3C=CCC4)O2)C=C1. The third-order valence-electron chi connectivity index (χ3n) is 14.3. The van der Waals surface area contributed by atoms with E-state index in [1.165, 1.54) is 83.7 Å². The van der Waals surface area contributed by atoms with Gasteiger partial charge in [-0.3, -0.25) is 10.3 Å².